The average Bonchev–Trinajstić information content (AvgIpc) is 3.35. The van der Waals surface area contributed by atoms with E-state index >= 15 is 0 Å². The molecule has 0 saturated heterocycles. The third kappa shape index (κ3) is 3.45. The first-order valence-corrected chi connectivity index (χ1v) is 9.53. The maximum Gasteiger partial charge on any atom is 0.267 e. The predicted molar refractivity (Wildman–Crippen MR) is 105 cm³/mol. The van der Waals surface area contributed by atoms with Gasteiger partial charge in [-0.15, -0.1) is 11.3 Å². The Labute approximate surface area is 156 Å². The summed E-state index contributed by atoms with van der Waals surface area (Å²) < 4.78 is 0.938. The van der Waals surface area contributed by atoms with Crippen LogP contribution in [0.25, 0.3) is 20.8 Å². The van der Waals surface area contributed by atoms with Gasteiger partial charge in [-0.2, -0.15) is 5.10 Å². The van der Waals surface area contributed by atoms with Crippen LogP contribution in [0.15, 0.2) is 42.5 Å². The largest absolute Gasteiger partial charge is 0.395 e. The van der Waals surface area contributed by atoms with Gasteiger partial charge in [0.1, 0.15) is 4.83 Å². The molecule has 3 aromatic heterocycles. The first-order chi connectivity index (χ1) is 12.7. The number of carbonyl (C=O) groups excluding carboxylic acids is 1. The van der Waals surface area contributed by atoms with Gasteiger partial charge in [-0.1, -0.05) is 41.7 Å². The Morgan fingerprint density at radius 2 is 2.04 bits per heavy atom. The van der Waals surface area contributed by atoms with E-state index < -0.39 is 0 Å². The van der Waals surface area contributed by atoms with Crippen LogP contribution in [0.2, 0.25) is 0 Å². The number of aromatic nitrogens is 3. The number of thiazole rings is 1. The molecule has 3 heterocycles. The molecule has 0 fully saturated rings. The monoisotopic (exact) mass is 385 g/mol. The molecule has 132 valence electrons. The molecule has 9 heteroatoms. The molecule has 4 N–H and O–H groups in total. The highest BCUT2D eigenvalue weighted by Gasteiger charge is 2.15. The van der Waals surface area contributed by atoms with E-state index in [1.165, 1.54) is 22.7 Å². The van der Waals surface area contributed by atoms with Crippen LogP contribution >= 0.6 is 22.7 Å². The third-order valence-corrected chi connectivity index (χ3v) is 5.72. The number of thiophene rings is 1. The van der Waals surface area contributed by atoms with Crippen molar-refractivity contribution in [2.45, 2.75) is 0 Å². The zero-order valence-corrected chi connectivity index (χ0v) is 15.2. The van der Waals surface area contributed by atoms with Crippen LogP contribution in [0.1, 0.15) is 9.67 Å². The topological polar surface area (TPSA) is 103 Å². The van der Waals surface area contributed by atoms with E-state index in [0.717, 1.165) is 25.9 Å². The van der Waals surface area contributed by atoms with Crippen molar-refractivity contribution >= 4 is 49.1 Å². The van der Waals surface area contributed by atoms with Crippen LogP contribution in [0, 0.1) is 0 Å². The number of nitrogens with one attached hydrogen (secondary N) is 3. The molecule has 0 unspecified atom stereocenters. The van der Waals surface area contributed by atoms with Gasteiger partial charge < -0.3 is 15.7 Å². The Balaban J connectivity index is 1.47. The van der Waals surface area contributed by atoms with Crippen molar-refractivity contribution in [3.63, 3.8) is 0 Å². The van der Waals surface area contributed by atoms with Crippen molar-refractivity contribution in [1.82, 2.24) is 15.2 Å². The number of amides is 1. The second kappa shape index (κ2) is 7.24. The van der Waals surface area contributed by atoms with E-state index in [0.29, 0.717) is 17.2 Å². The second-order valence-electron chi connectivity index (χ2n) is 5.44. The Hall–Kier alpha value is -2.75. The van der Waals surface area contributed by atoms with Gasteiger partial charge in [0.15, 0.2) is 10.9 Å². The Bertz CT molecular complexity index is 1010. The summed E-state index contributed by atoms with van der Waals surface area (Å²) >= 11 is 2.79. The van der Waals surface area contributed by atoms with Crippen LogP contribution in [-0.2, 0) is 0 Å². The normalized spacial score (nSPS) is 11.0. The lowest BCUT2D eigenvalue weighted by molar-refractivity contribution is 0.103. The van der Waals surface area contributed by atoms with E-state index in [1.807, 2.05) is 36.4 Å². The molecule has 0 spiro atoms. The lowest BCUT2D eigenvalue weighted by Crippen LogP contribution is -2.10. The number of aliphatic hydroxyl groups excluding tert-OH is 1. The summed E-state index contributed by atoms with van der Waals surface area (Å²) in [5.41, 5.74) is 1.85. The van der Waals surface area contributed by atoms with Crippen LogP contribution in [0.4, 0.5) is 10.9 Å². The van der Waals surface area contributed by atoms with Crippen molar-refractivity contribution in [3.05, 3.63) is 47.3 Å². The average molecular weight is 385 g/mol. The number of fused-ring (bicyclic) bond motifs is 1. The van der Waals surface area contributed by atoms with Crippen molar-refractivity contribution < 1.29 is 9.90 Å². The van der Waals surface area contributed by atoms with Crippen LogP contribution < -0.4 is 10.6 Å². The molecule has 26 heavy (non-hydrogen) atoms. The number of hydrogen-bond donors (Lipinski definition) is 4. The summed E-state index contributed by atoms with van der Waals surface area (Å²) in [6, 6.07) is 13.4. The fraction of sp³-hybridized carbons (Fsp3) is 0.118. The molecule has 1 amide bonds. The zero-order valence-electron chi connectivity index (χ0n) is 13.5. The molecular formula is C17H15N5O2S2. The van der Waals surface area contributed by atoms with Gasteiger partial charge >= 0.3 is 0 Å². The fourth-order valence-corrected chi connectivity index (χ4v) is 4.45. The molecule has 0 atom stereocenters. The number of anilines is 2. The molecule has 0 aliphatic rings. The van der Waals surface area contributed by atoms with E-state index in [2.05, 4.69) is 25.8 Å². The minimum atomic E-state index is -0.212. The molecule has 4 rings (SSSR count). The number of benzene rings is 1. The minimum Gasteiger partial charge on any atom is -0.395 e. The Morgan fingerprint density at radius 3 is 2.81 bits per heavy atom. The number of aromatic amines is 1. The highest BCUT2D eigenvalue weighted by atomic mass is 32.1. The molecular weight excluding hydrogens is 370 g/mol. The molecule has 7 nitrogen and oxygen atoms in total. The van der Waals surface area contributed by atoms with Gasteiger partial charge in [0.25, 0.3) is 5.91 Å². The second-order valence-corrected chi connectivity index (χ2v) is 7.50. The first-order valence-electron chi connectivity index (χ1n) is 7.90. The smallest absolute Gasteiger partial charge is 0.267 e. The SMILES string of the molecule is O=C(Nc1cc(-c2ccccc2)[nH]n1)c1cc2sc(NCCO)nc2s1. The molecule has 1 aromatic carbocycles. The summed E-state index contributed by atoms with van der Waals surface area (Å²) in [5.74, 6) is 0.264. The molecule has 0 bridgehead atoms. The highest BCUT2D eigenvalue weighted by Crippen LogP contribution is 2.33. The predicted octanol–water partition coefficient (Wildman–Crippen LogP) is 3.40. The quantitative estimate of drug-likeness (QED) is 0.407. The summed E-state index contributed by atoms with van der Waals surface area (Å²) in [4.78, 5) is 18.3. The van der Waals surface area contributed by atoms with Crippen molar-refractivity contribution in [1.29, 1.82) is 0 Å². The lowest BCUT2D eigenvalue weighted by Gasteiger charge is -1.98. The van der Waals surface area contributed by atoms with E-state index in [1.54, 1.807) is 6.07 Å². The van der Waals surface area contributed by atoms with Gasteiger partial charge in [-0.05, 0) is 11.6 Å². The number of aliphatic hydroxyl groups is 1. The van der Waals surface area contributed by atoms with Gasteiger partial charge in [0, 0.05) is 12.6 Å². The summed E-state index contributed by atoms with van der Waals surface area (Å²) in [6.07, 6.45) is 0. The lowest BCUT2D eigenvalue weighted by atomic mass is 10.2. The van der Waals surface area contributed by atoms with Gasteiger partial charge in [-0.25, -0.2) is 4.98 Å². The molecule has 4 aromatic rings. The standard InChI is InChI=1S/C17H15N5O2S2/c23-7-6-18-17-20-16-13(26-17)9-12(25-16)15(24)19-14-8-11(21-22-14)10-4-2-1-3-5-10/h1-5,8-9,23H,6-7H2,(H,18,20)(H2,19,21,22,24). The maximum atomic E-state index is 12.5. The molecule has 0 radical (unpaired) electrons. The van der Waals surface area contributed by atoms with Gasteiger partial charge in [0.05, 0.1) is 21.9 Å². The number of nitrogens with zero attached hydrogens (tertiary/aromatic N) is 2. The highest BCUT2D eigenvalue weighted by molar-refractivity contribution is 7.29. The minimum absolute atomic E-state index is 0.0511. The number of H-pyrrole nitrogens is 1. The first kappa shape index (κ1) is 16.7. The molecule has 0 saturated carbocycles. The van der Waals surface area contributed by atoms with Crippen LogP contribution in [0.3, 0.4) is 0 Å². The molecule has 0 aliphatic carbocycles. The van der Waals surface area contributed by atoms with E-state index in [4.69, 9.17) is 5.11 Å². The third-order valence-electron chi connectivity index (χ3n) is 3.61. The van der Waals surface area contributed by atoms with Gasteiger partial charge in [-0.3, -0.25) is 9.89 Å². The van der Waals surface area contributed by atoms with Gasteiger partial charge in [0.2, 0.25) is 0 Å². The number of carbonyl (C=O) groups is 1. The van der Waals surface area contributed by atoms with Crippen LogP contribution in [-0.4, -0.2) is 39.3 Å². The van der Waals surface area contributed by atoms with Crippen molar-refractivity contribution in [2.75, 3.05) is 23.8 Å². The fourth-order valence-electron chi connectivity index (χ4n) is 2.41. The van der Waals surface area contributed by atoms with E-state index in [-0.39, 0.29) is 12.5 Å². The maximum absolute atomic E-state index is 12.5. The molecule has 0 aliphatic heterocycles. The zero-order chi connectivity index (χ0) is 17.9. The summed E-state index contributed by atoms with van der Waals surface area (Å²) in [5, 5.41) is 22.5. The van der Waals surface area contributed by atoms with Crippen molar-refractivity contribution in [3.8, 4) is 11.3 Å². The summed E-state index contributed by atoms with van der Waals surface area (Å²) in [7, 11) is 0. The Kier molecular flexibility index (Phi) is 4.65. The summed E-state index contributed by atoms with van der Waals surface area (Å²) in [6.45, 7) is 0.506. The number of hydrogen-bond acceptors (Lipinski definition) is 7. The van der Waals surface area contributed by atoms with Crippen molar-refractivity contribution in [2.24, 2.45) is 0 Å². The Morgan fingerprint density at radius 1 is 1.19 bits per heavy atom. The number of rotatable bonds is 6. The van der Waals surface area contributed by atoms with Crippen LogP contribution in [0.5, 0.6) is 0 Å². The van der Waals surface area contributed by atoms with E-state index in [9.17, 15) is 4.79 Å².